The van der Waals surface area contributed by atoms with Crippen LogP contribution in [0, 0.1) is 11.8 Å². The first-order chi connectivity index (χ1) is 9.20. The average Bonchev–Trinajstić information content (AvgIpc) is 3.13. The van der Waals surface area contributed by atoms with Crippen molar-refractivity contribution in [1.29, 1.82) is 0 Å². The summed E-state index contributed by atoms with van der Waals surface area (Å²) in [6, 6.07) is 0. The second kappa shape index (κ2) is 5.38. The van der Waals surface area contributed by atoms with Gasteiger partial charge in [0.05, 0.1) is 17.6 Å². The molecule has 3 unspecified atom stereocenters. The molecule has 2 heterocycles. The lowest BCUT2D eigenvalue weighted by Crippen LogP contribution is -2.40. The molecule has 3 fully saturated rings. The lowest BCUT2D eigenvalue weighted by atomic mass is 9.91. The summed E-state index contributed by atoms with van der Waals surface area (Å²) in [5.41, 5.74) is -0.654. The van der Waals surface area contributed by atoms with Crippen LogP contribution in [0.25, 0.3) is 0 Å². The van der Waals surface area contributed by atoms with E-state index in [1.807, 2.05) is 0 Å². The Morgan fingerprint density at radius 1 is 1.32 bits per heavy atom. The van der Waals surface area contributed by atoms with Gasteiger partial charge in [0.2, 0.25) is 5.91 Å². The maximum Gasteiger partial charge on any atom is 0.226 e. The molecular weight excluding hydrogens is 246 g/mol. The lowest BCUT2D eigenvalue weighted by Gasteiger charge is -2.32. The van der Waals surface area contributed by atoms with Crippen LogP contribution in [0.2, 0.25) is 0 Å². The van der Waals surface area contributed by atoms with Crippen molar-refractivity contribution in [2.24, 2.45) is 11.8 Å². The zero-order valence-corrected chi connectivity index (χ0v) is 11.3. The van der Waals surface area contributed by atoms with E-state index in [9.17, 15) is 9.90 Å². The number of fused-ring (bicyclic) bond motifs is 1. The summed E-state index contributed by atoms with van der Waals surface area (Å²) in [6.45, 7) is 2.58. The predicted octanol–water partition coefficient (Wildman–Crippen LogP) is 0.459. The zero-order valence-electron chi connectivity index (χ0n) is 11.3. The van der Waals surface area contributed by atoms with Gasteiger partial charge in [-0.2, -0.15) is 0 Å². The van der Waals surface area contributed by atoms with Crippen molar-refractivity contribution >= 4 is 5.91 Å². The smallest absolute Gasteiger partial charge is 0.226 e. The highest BCUT2D eigenvalue weighted by Crippen LogP contribution is 2.47. The van der Waals surface area contributed by atoms with Gasteiger partial charge in [-0.25, -0.2) is 0 Å². The number of rotatable bonds is 4. The molecule has 1 aliphatic carbocycles. The van der Waals surface area contributed by atoms with Gasteiger partial charge in [-0.3, -0.25) is 4.79 Å². The van der Waals surface area contributed by atoms with Crippen LogP contribution in [0.5, 0.6) is 0 Å². The van der Waals surface area contributed by atoms with Crippen LogP contribution in [0.15, 0.2) is 0 Å². The molecule has 0 aromatic carbocycles. The van der Waals surface area contributed by atoms with Crippen LogP contribution in [-0.4, -0.2) is 49.1 Å². The molecule has 3 atom stereocenters. The minimum atomic E-state index is -0.654. The van der Waals surface area contributed by atoms with Crippen molar-refractivity contribution < 1.29 is 19.4 Å². The molecule has 5 nitrogen and oxygen atoms in total. The summed E-state index contributed by atoms with van der Waals surface area (Å²) in [5, 5.41) is 13.2. The van der Waals surface area contributed by atoms with E-state index < -0.39 is 5.60 Å². The fourth-order valence-electron chi connectivity index (χ4n) is 3.33. The highest BCUT2D eigenvalue weighted by molar-refractivity contribution is 5.82. The molecule has 5 heteroatoms. The number of carbonyl (C=O) groups excluding carboxylic acids is 1. The van der Waals surface area contributed by atoms with Crippen molar-refractivity contribution in [2.45, 2.75) is 43.8 Å². The first-order valence-corrected chi connectivity index (χ1v) is 7.39. The molecule has 0 bridgehead atoms. The van der Waals surface area contributed by atoms with Gasteiger partial charge in [-0.15, -0.1) is 0 Å². The molecule has 0 spiro atoms. The summed E-state index contributed by atoms with van der Waals surface area (Å²) >= 11 is 0. The molecule has 2 saturated heterocycles. The zero-order chi connectivity index (χ0) is 13.3. The molecule has 2 aliphatic heterocycles. The van der Waals surface area contributed by atoms with E-state index in [4.69, 9.17) is 9.47 Å². The molecule has 3 rings (SSSR count). The van der Waals surface area contributed by atoms with Crippen LogP contribution < -0.4 is 5.32 Å². The molecular formula is C14H23NO4. The van der Waals surface area contributed by atoms with Crippen molar-refractivity contribution in [3.05, 3.63) is 0 Å². The van der Waals surface area contributed by atoms with Crippen LogP contribution in [0.3, 0.4) is 0 Å². The van der Waals surface area contributed by atoms with E-state index in [1.54, 1.807) is 0 Å². The summed E-state index contributed by atoms with van der Waals surface area (Å²) in [4.78, 5) is 12.0. The highest BCUT2D eigenvalue weighted by Gasteiger charge is 2.56. The first kappa shape index (κ1) is 13.3. The molecule has 1 saturated carbocycles. The fraction of sp³-hybridized carbons (Fsp3) is 0.929. The van der Waals surface area contributed by atoms with E-state index in [-0.39, 0.29) is 17.9 Å². The third kappa shape index (κ3) is 2.93. The fourth-order valence-corrected chi connectivity index (χ4v) is 3.33. The van der Waals surface area contributed by atoms with Crippen LogP contribution in [-0.2, 0) is 14.3 Å². The van der Waals surface area contributed by atoms with Gasteiger partial charge >= 0.3 is 0 Å². The highest BCUT2D eigenvalue weighted by atomic mass is 16.5. The number of aliphatic hydroxyl groups is 1. The summed E-state index contributed by atoms with van der Waals surface area (Å²) in [7, 11) is 0. The summed E-state index contributed by atoms with van der Waals surface area (Å²) in [5.74, 6) is 0.610. The van der Waals surface area contributed by atoms with Crippen molar-refractivity contribution in [3.63, 3.8) is 0 Å². The van der Waals surface area contributed by atoms with E-state index in [1.165, 1.54) is 0 Å². The first-order valence-electron chi connectivity index (χ1n) is 7.39. The molecule has 0 radical (unpaired) electrons. The second-order valence-corrected chi connectivity index (χ2v) is 6.05. The lowest BCUT2D eigenvalue weighted by molar-refractivity contribution is -0.123. The maximum absolute atomic E-state index is 12.0. The second-order valence-electron chi connectivity index (χ2n) is 6.05. The Morgan fingerprint density at radius 2 is 2.11 bits per heavy atom. The maximum atomic E-state index is 12.0. The third-order valence-electron chi connectivity index (χ3n) is 4.70. The van der Waals surface area contributed by atoms with Crippen LogP contribution in [0.4, 0.5) is 0 Å². The SMILES string of the molecule is O=C(NCCC1(O)CCOCC1)C1C2CCCOC21. The van der Waals surface area contributed by atoms with E-state index in [2.05, 4.69) is 5.32 Å². The van der Waals surface area contributed by atoms with Gasteiger partial charge < -0.3 is 19.9 Å². The average molecular weight is 269 g/mol. The molecule has 0 aromatic rings. The van der Waals surface area contributed by atoms with Gasteiger partial charge in [0.25, 0.3) is 0 Å². The molecule has 108 valence electrons. The standard InChI is InChI=1S/C14H23NO4/c16-13(11-10-2-1-7-19-12(10)11)15-6-3-14(17)4-8-18-9-5-14/h10-12,17H,1-9H2,(H,15,16). The Hall–Kier alpha value is -0.650. The van der Waals surface area contributed by atoms with Gasteiger partial charge in [-0.05, 0) is 32.1 Å². The molecule has 3 aliphatic rings. The molecule has 0 aromatic heterocycles. The monoisotopic (exact) mass is 269 g/mol. The quantitative estimate of drug-likeness (QED) is 0.778. The van der Waals surface area contributed by atoms with Crippen molar-refractivity contribution in [3.8, 4) is 0 Å². The van der Waals surface area contributed by atoms with Crippen molar-refractivity contribution in [1.82, 2.24) is 5.32 Å². The number of nitrogens with one attached hydrogen (secondary N) is 1. The third-order valence-corrected chi connectivity index (χ3v) is 4.70. The largest absolute Gasteiger partial charge is 0.390 e. The van der Waals surface area contributed by atoms with Crippen LogP contribution in [0.1, 0.15) is 32.1 Å². The van der Waals surface area contributed by atoms with Gasteiger partial charge in [0.15, 0.2) is 0 Å². The number of hydrogen-bond donors (Lipinski definition) is 2. The van der Waals surface area contributed by atoms with E-state index >= 15 is 0 Å². The Balaban J connectivity index is 1.39. The number of ether oxygens (including phenoxy) is 2. The Kier molecular flexibility index (Phi) is 3.78. The van der Waals surface area contributed by atoms with E-state index in [0.717, 1.165) is 19.4 Å². The van der Waals surface area contributed by atoms with Gasteiger partial charge in [0, 0.05) is 32.3 Å². The minimum absolute atomic E-state index is 0.0619. The van der Waals surface area contributed by atoms with Gasteiger partial charge in [-0.1, -0.05) is 0 Å². The normalized spacial score (nSPS) is 36.4. The van der Waals surface area contributed by atoms with Gasteiger partial charge in [0.1, 0.15) is 0 Å². The minimum Gasteiger partial charge on any atom is -0.390 e. The number of amides is 1. The number of carbonyl (C=O) groups is 1. The topological polar surface area (TPSA) is 67.8 Å². The predicted molar refractivity (Wildman–Crippen MR) is 68.6 cm³/mol. The Morgan fingerprint density at radius 3 is 2.79 bits per heavy atom. The van der Waals surface area contributed by atoms with Crippen molar-refractivity contribution in [2.75, 3.05) is 26.4 Å². The molecule has 19 heavy (non-hydrogen) atoms. The Labute approximate surface area is 113 Å². The molecule has 2 N–H and O–H groups in total. The Bertz CT molecular complexity index is 328. The summed E-state index contributed by atoms with van der Waals surface area (Å²) in [6.07, 6.45) is 4.31. The van der Waals surface area contributed by atoms with E-state index in [0.29, 0.717) is 44.9 Å². The molecule has 1 amide bonds. The number of hydrogen-bond acceptors (Lipinski definition) is 4. The summed E-state index contributed by atoms with van der Waals surface area (Å²) < 4.78 is 10.8. The van der Waals surface area contributed by atoms with Crippen LogP contribution >= 0.6 is 0 Å².